The van der Waals surface area contributed by atoms with Gasteiger partial charge in [0.2, 0.25) is 12.7 Å². The third kappa shape index (κ3) is 2.63. The summed E-state index contributed by atoms with van der Waals surface area (Å²) in [7, 11) is 3.19. The van der Waals surface area contributed by atoms with Crippen LogP contribution in [0, 0.1) is 0 Å². The molecule has 1 saturated carbocycles. The van der Waals surface area contributed by atoms with E-state index in [2.05, 4.69) is 5.32 Å². The van der Waals surface area contributed by atoms with E-state index in [-0.39, 0.29) is 12.7 Å². The minimum Gasteiger partial charge on any atom is -0.493 e. The third-order valence-electron chi connectivity index (χ3n) is 4.75. The molecule has 0 spiro atoms. The second kappa shape index (κ2) is 5.88. The van der Waals surface area contributed by atoms with E-state index in [9.17, 15) is 4.79 Å². The van der Waals surface area contributed by atoms with Crippen LogP contribution >= 0.6 is 0 Å². The Kier molecular flexibility index (Phi) is 3.67. The number of hydrogen-bond donors (Lipinski definition) is 1. The monoisotopic (exact) mass is 341 g/mol. The lowest BCUT2D eigenvalue weighted by Gasteiger charge is -2.18. The van der Waals surface area contributed by atoms with E-state index in [0.29, 0.717) is 28.7 Å². The van der Waals surface area contributed by atoms with Gasteiger partial charge in [-0.2, -0.15) is 0 Å². The summed E-state index contributed by atoms with van der Waals surface area (Å²) in [5.41, 5.74) is 1.11. The lowest BCUT2D eigenvalue weighted by Crippen LogP contribution is -2.27. The summed E-state index contributed by atoms with van der Waals surface area (Å²) in [5.74, 6) is 2.59. The summed E-state index contributed by atoms with van der Waals surface area (Å²) in [6.07, 6.45) is 1.61. The van der Waals surface area contributed by atoms with Gasteiger partial charge in [0.05, 0.1) is 19.6 Å². The van der Waals surface area contributed by atoms with Gasteiger partial charge in [-0.05, 0) is 42.7 Å². The van der Waals surface area contributed by atoms with Crippen molar-refractivity contribution in [3.8, 4) is 23.0 Å². The van der Waals surface area contributed by atoms with Crippen molar-refractivity contribution in [3.05, 3.63) is 42.0 Å². The zero-order valence-corrected chi connectivity index (χ0v) is 14.1. The first kappa shape index (κ1) is 15.6. The topological polar surface area (TPSA) is 66.0 Å². The maximum atomic E-state index is 12.9. The predicted octanol–water partition coefficient (Wildman–Crippen LogP) is 3.10. The van der Waals surface area contributed by atoms with Crippen LogP contribution in [0.3, 0.4) is 0 Å². The number of benzene rings is 2. The highest BCUT2D eigenvalue weighted by Crippen LogP contribution is 2.50. The highest BCUT2D eigenvalue weighted by molar-refractivity contribution is 6.01. The lowest BCUT2D eigenvalue weighted by atomic mass is 9.94. The third-order valence-corrected chi connectivity index (χ3v) is 4.75. The smallest absolute Gasteiger partial charge is 0.235 e. The molecule has 0 aromatic heterocycles. The second-order valence-electron chi connectivity index (χ2n) is 6.17. The van der Waals surface area contributed by atoms with Crippen molar-refractivity contribution >= 4 is 11.6 Å². The number of carbonyl (C=O) groups excluding carboxylic acids is 1. The number of hydrogen-bond acceptors (Lipinski definition) is 5. The zero-order chi connectivity index (χ0) is 17.4. The molecule has 1 aliphatic heterocycles. The van der Waals surface area contributed by atoms with Crippen molar-refractivity contribution in [1.29, 1.82) is 0 Å². The Hall–Kier alpha value is -2.89. The van der Waals surface area contributed by atoms with Gasteiger partial charge in [0, 0.05) is 11.8 Å². The molecule has 1 heterocycles. The summed E-state index contributed by atoms with van der Waals surface area (Å²) >= 11 is 0. The number of nitrogens with one attached hydrogen (secondary N) is 1. The summed E-state index contributed by atoms with van der Waals surface area (Å²) in [5, 5.41) is 2.99. The van der Waals surface area contributed by atoms with Gasteiger partial charge in [-0.1, -0.05) is 6.07 Å². The van der Waals surface area contributed by atoms with Crippen LogP contribution in [0.2, 0.25) is 0 Å². The van der Waals surface area contributed by atoms with Crippen LogP contribution in [0.5, 0.6) is 23.0 Å². The van der Waals surface area contributed by atoms with Crippen LogP contribution in [0.15, 0.2) is 36.4 Å². The molecule has 1 amide bonds. The van der Waals surface area contributed by atoms with Gasteiger partial charge in [0.15, 0.2) is 23.0 Å². The molecule has 4 rings (SSSR count). The molecule has 6 heteroatoms. The van der Waals surface area contributed by atoms with Crippen LogP contribution in [0.1, 0.15) is 18.4 Å². The Bertz CT molecular complexity index is 829. The number of methoxy groups -OCH3 is 2. The lowest BCUT2D eigenvalue weighted by molar-refractivity contribution is -0.118. The molecule has 0 bridgehead atoms. The molecule has 25 heavy (non-hydrogen) atoms. The van der Waals surface area contributed by atoms with Crippen LogP contribution < -0.4 is 24.3 Å². The molecule has 0 radical (unpaired) electrons. The fourth-order valence-electron chi connectivity index (χ4n) is 3.13. The number of ether oxygens (including phenoxy) is 4. The standard InChI is InChI=1S/C19H19NO5/c1-22-14-5-3-12(9-16(14)23-2)19(7-8-19)18(21)20-13-4-6-15-17(10-13)25-11-24-15/h3-6,9-10H,7-8,11H2,1-2H3,(H,20,21). The van der Waals surface area contributed by atoms with Gasteiger partial charge >= 0.3 is 0 Å². The zero-order valence-electron chi connectivity index (χ0n) is 14.1. The van der Waals surface area contributed by atoms with E-state index in [4.69, 9.17) is 18.9 Å². The molecule has 0 unspecified atom stereocenters. The van der Waals surface area contributed by atoms with Crippen LogP contribution in [-0.2, 0) is 10.2 Å². The van der Waals surface area contributed by atoms with Gasteiger partial charge in [0.1, 0.15) is 0 Å². The van der Waals surface area contributed by atoms with Gasteiger partial charge in [0.25, 0.3) is 0 Å². The molecule has 1 aliphatic carbocycles. The van der Waals surface area contributed by atoms with Crippen molar-refractivity contribution in [3.63, 3.8) is 0 Å². The molecule has 1 N–H and O–H groups in total. The Balaban J connectivity index is 1.57. The first-order valence-corrected chi connectivity index (χ1v) is 8.10. The van der Waals surface area contributed by atoms with Gasteiger partial charge in [-0.15, -0.1) is 0 Å². The van der Waals surface area contributed by atoms with E-state index in [1.165, 1.54) is 0 Å². The molecular weight excluding hydrogens is 322 g/mol. The highest BCUT2D eigenvalue weighted by Gasteiger charge is 2.51. The summed E-state index contributed by atoms with van der Waals surface area (Å²) in [4.78, 5) is 12.9. The minimum absolute atomic E-state index is 0.0291. The molecule has 2 aromatic rings. The number of anilines is 1. The van der Waals surface area contributed by atoms with E-state index in [1.54, 1.807) is 26.4 Å². The molecule has 0 atom stereocenters. The van der Waals surface area contributed by atoms with E-state index < -0.39 is 5.41 Å². The largest absolute Gasteiger partial charge is 0.493 e. The number of carbonyl (C=O) groups is 1. The fraction of sp³-hybridized carbons (Fsp3) is 0.316. The molecule has 6 nitrogen and oxygen atoms in total. The van der Waals surface area contributed by atoms with Crippen molar-refractivity contribution in [2.24, 2.45) is 0 Å². The minimum atomic E-state index is -0.518. The first-order chi connectivity index (χ1) is 12.2. The maximum Gasteiger partial charge on any atom is 0.235 e. The van der Waals surface area contributed by atoms with Gasteiger partial charge in [-0.3, -0.25) is 4.79 Å². The Labute approximate surface area is 145 Å². The van der Waals surface area contributed by atoms with Gasteiger partial charge in [-0.25, -0.2) is 0 Å². The molecular formula is C19H19NO5. The van der Waals surface area contributed by atoms with Crippen molar-refractivity contribution < 1.29 is 23.7 Å². The summed E-state index contributed by atoms with van der Waals surface area (Å²) in [6.45, 7) is 0.211. The Morgan fingerprint density at radius 1 is 1.00 bits per heavy atom. The number of rotatable bonds is 5. The molecule has 130 valence electrons. The van der Waals surface area contributed by atoms with E-state index >= 15 is 0 Å². The van der Waals surface area contributed by atoms with Crippen molar-refractivity contribution in [2.75, 3.05) is 26.3 Å². The van der Waals surface area contributed by atoms with Crippen LogP contribution in [0.4, 0.5) is 5.69 Å². The van der Waals surface area contributed by atoms with Crippen LogP contribution in [0.25, 0.3) is 0 Å². The van der Waals surface area contributed by atoms with E-state index in [1.807, 2.05) is 24.3 Å². The molecule has 2 aliphatic rings. The second-order valence-corrected chi connectivity index (χ2v) is 6.17. The van der Waals surface area contributed by atoms with Crippen molar-refractivity contribution in [2.45, 2.75) is 18.3 Å². The summed E-state index contributed by atoms with van der Waals surface area (Å²) in [6, 6.07) is 11.0. The Morgan fingerprint density at radius 3 is 2.48 bits per heavy atom. The number of fused-ring (bicyclic) bond motifs is 1. The molecule has 2 aromatic carbocycles. The predicted molar refractivity (Wildman–Crippen MR) is 91.7 cm³/mol. The normalized spacial score (nSPS) is 16.2. The Morgan fingerprint density at radius 2 is 1.76 bits per heavy atom. The summed E-state index contributed by atoms with van der Waals surface area (Å²) < 4.78 is 21.3. The maximum absolute atomic E-state index is 12.9. The first-order valence-electron chi connectivity index (χ1n) is 8.10. The number of amides is 1. The average Bonchev–Trinajstić information content (AvgIpc) is 3.33. The molecule has 1 fully saturated rings. The highest BCUT2D eigenvalue weighted by atomic mass is 16.7. The molecule has 0 saturated heterocycles. The average molecular weight is 341 g/mol. The van der Waals surface area contributed by atoms with Crippen LogP contribution in [-0.4, -0.2) is 26.9 Å². The van der Waals surface area contributed by atoms with E-state index in [0.717, 1.165) is 18.4 Å². The van der Waals surface area contributed by atoms with Gasteiger partial charge < -0.3 is 24.3 Å². The fourth-order valence-corrected chi connectivity index (χ4v) is 3.13. The van der Waals surface area contributed by atoms with Crippen molar-refractivity contribution in [1.82, 2.24) is 0 Å². The SMILES string of the molecule is COc1ccc(C2(C(=O)Nc3ccc4c(c3)OCO4)CC2)cc1OC. The quantitative estimate of drug-likeness (QED) is 0.905.